The van der Waals surface area contributed by atoms with Crippen molar-refractivity contribution in [3.8, 4) is 0 Å². The predicted molar refractivity (Wildman–Crippen MR) is 94.6 cm³/mol. The molecule has 0 heterocycles. The zero-order chi connectivity index (χ0) is 17.3. The number of hydrogen-bond donors (Lipinski definition) is 1. The Kier molecular flexibility index (Phi) is 5.58. The number of rotatable bonds is 5. The lowest BCUT2D eigenvalue weighted by molar-refractivity contribution is -0.148. The molecule has 0 aliphatic heterocycles. The molecular weight excluding hydrogens is 373 g/mol. The first-order valence-electron chi connectivity index (χ1n) is 8.02. The van der Waals surface area contributed by atoms with E-state index in [1.807, 2.05) is 0 Å². The third-order valence-electron chi connectivity index (χ3n) is 4.96. The first-order valence-corrected chi connectivity index (χ1v) is 9.15. The molecule has 24 heavy (non-hydrogen) atoms. The Morgan fingerprint density at radius 2 is 1.83 bits per heavy atom. The van der Waals surface area contributed by atoms with Crippen molar-refractivity contribution in [2.45, 2.75) is 32.1 Å². The number of anilines is 1. The van der Waals surface area contributed by atoms with Crippen molar-refractivity contribution < 1.29 is 14.3 Å². The quantitative estimate of drug-likeness (QED) is 0.571. The van der Waals surface area contributed by atoms with Crippen LogP contribution in [0.15, 0.2) is 12.1 Å². The lowest BCUT2D eigenvalue weighted by Crippen LogP contribution is -2.23. The summed E-state index contributed by atoms with van der Waals surface area (Å²) in [6, 6.07) is 2.91. The Hall–Kier alpha value is -0.970. The summed E-state index contributed by atoms with van der Waals surface area (Å²) in [5.74, 6) is 1.09. The number of benzene rings is 1. The number of hydrogen-bond acceptors (Lipinski definition) is 3. The normalized spacial score (nSPS) is 24.9. The van der Waals surface area contributed by atoms with Gasteiger partial charge in [-0.1, -0.05) is 41.2 Å². The van der Waals surface area contributed by atoms with Gasteiger partial charge in [-0.15, -0.1) is 0 Å². The van der Waals surface area contributed by atoms with Crippen molar-refractivity contribution in [1.82, 2.24) is 0 Å². The number of halogens is 3. The van der Waals surface area contributed by atoms with Gasteiger partial charge < -0.3 is 10.1 Å². The second-order valence-electron chi connectivity index (χ2n) is 6.59. The summed E-state index contributed by atoms with van der Waals surface area (Å²) < 4.78 is 5.09. The van der Waals surface area contributed by atoms with E-state index >= 15 is 0 Å². The van der Waals surface area contributed by atoms with Crippen molar-refractivity contribution in [2.75, 3.05) is 11.9 Å². The fraction of sp³-hybridized carbons (Fsp3) is 0.529. The van der Waals surface area contributed by atoms with Crippen molar-refractivity contribution >= 4 is 52.4 Å². The minimum Gasteiger partial charge on any atom is -0.456 e. The molecule has 0 saturated heterocycles. The van der Waals surface area contributed by atoms with E-state index in [4.69, 9.17) is 39.5 Å². The Morgan fingerprint density at radius 1 is 1.08 bits per heavy atom. The fourth-order valence-electron chi connectivity index (χ4n) is 3.85. The number of ether oxygens (including phenoxy) is 1. The van der Waals surface area contributed by atoms with Crippen LogP contribution in [-0.2, 0) is 14.3 Å². The summed E-state index contributed by atoms with van der Waals surface area (Å²) in [4.78, 5) is 23.8. The lowest BCUT2D eigenvalue weighted by atomic mass is 9.86. The summed E-state index contributed by atoms with van der Waals surface area (Å²) in [5.41, 5.74) is 0.334. The highest BCUT2D eigenvalue weighted by molar-refractivity contribution is 6.44. The lowest BCUT2D eigenvalue weighted by Gasteiger charge is -2.20. The monoisotopic (exact) mass is 389 g/mol. The molecule has 0 unspecified atom stereocenters. The van der Waals surface area contributed by atoms with Gasteiger partial charge in [0, 0.05) is 6.42 Å². The number of amides is 1. The molecule has 0 radical (unpaired) electrons. The maximum absolute atomic E-state index is 11.9. The van der Waals surface area contributed by atoms with Gasteiger partial charge in [0.2, 0.25) is 0 Å². The summed E-state index contributed by atoms with van der Waals surface area (Å²) in [6.45, 7) is -0.337. The van der Waals surface area contributed by atoms with Gasteiger partial charge in [0.05, 0.1) is 20.8 Å². The smallest absolute Gasteiger partial charge is 0.306 e. The fourth-order valence-corrected chi connectivity index (χ4v) is 4.44. The predicted octanol–water partition coefficient (Wildman–Crippen LogP) is 4.95. The number of carbonyl (C=O) groups excluding carboxylic acids is 2. The molecule has 4 nitrogen and oxygen atoms in total. The molecule has 3 rings (SSSR count). The van der Waals surface area contributed by atoms with Crippen LogP contribution in [-0.4, -0.2) is 18.5 Å². The van der Waals surface area contributed by atoms with E-state index in [-0.39, 0.29) is 22.6 Å². The Labute approximate surface area is 155 Å². The summed E-state index contributed by atoms with van der Waals surface area (Å²) >= 11 is 17.7. The van der Waals surface area contributed by atoms with Gasteiger partial charge in [0.15, 0.2) is 6.61 Å². The van der Waals surface area contributed by atoms with Crippen molar-refractivity contribution in [3.05, 3.63) is 27.2 Å². The van der Waals surface area contributed by atoms with Crippen LogP contribution < -0.4 is 5.32 Å². The first-order chi connectivity index (χ1) is 11.4. The van der Waals surface area contributed by atoms with E-state index in [1.165, 1.54) is 31.4 Å². The number of fused-ring (bicyclic) bond motifs is 2. The van der Waals surface area contributed by atoms with E-state index in [9.17, 15) is 9.59 Å². The summed E-state index contributed by atoms with van der Waals surface area (Å²) in [5, 5.41) is 3.42. The molecule has 2 aliphatic carbocycles. The SMILES string of the molecule is O=C(COC(=O)C[C@@H]1C[C@H]2CC[C@@H]1C2)Nc1cc(Cl)c(Cl)cc1Cl. The molecule has 130 valence electrons. The van der Waals surface area contributed by atoms with Gasteiger partial charge in [0.25, 0.3) is 5.91 Å². The second kappa shape index (κ2) is 7.51. The third kappa shape index (κ3) is 4.16. The molecule has 2 fully saturated rings. The number of esters is 1. The molecule has 3 atom stereocenters. The summed E-state index contributed by atoms with van der Waals surface area (Å²) in [7, 11) is 0. The van der Waals surface area contributed by atoms with Gasteiger partial charge >= 0.3 is 5.97 Å². The molecule has 1 N–H and O–H groups in total. The molecule has 1 amide bonds. The van der Waals surface area contributed by atoms with E-state index < -0.39 is 5.91 Å². The highest BCUT2D eigenvalue weighted by Gasteiger charge is 2.40. The molecule has 1 aromatic rings. The van der Waals surface area contributed by atoms with Crippen LogP contribution in [0.25, 0.3) is 0 Å². The summed E-state index contributed by atoms with van der Waals surface area (Å²) in [6.07, 6.45) is 5.28. The molecule has 2 aliphatic rings. The molecule has 1 aromatic carbocycles. The van der Waals surface area contributed by atoms with E-state index in [0.29, 0.717) is 29.0 Å². The maximum atomic E-state index is 11.9. The van der Waals surface area contributed by atoms with E-state index in [2.05, 4.69) is 5.32 Å². The van der Waals surface area contributed by atoms with Crippen LogP contribution in [0, 0.1) is 17.8 Å². The van der Waals surface area contributed by atoms with Crippen LogP contribution in [0.2, 0.25) is 15.1 Å². The maximum Gasteiger partial charge on any atom is 0.306 e. The van der Waals surface area contributed by atoms with E-state index in [0.717, 1.165) is 12.3 Å². The van der Waals surface area contributed by atoms with Crippen molar-refractivity contribution in [3.63, 3.8) is 0 Å². The highest BCUT2D eigenvalue weighted by Crippen LogP contribution is 2.49. The zero-order valence-corrected chi connectivity index (χ0v) is 15.3. The van der Waals surface area contributed by atoms with Crippen LogP contribution in [0.1, 0.15) is 32.1 Å². The van der Waals surface area contributed by atoms with Crippen LogP contribution in [0.5, 0.6) is 0 Å². The molecule has 0 spiro atoms. The van der Waals surface area contributed by atoms with E-state index in [1.54, 1.807) is 0 Å². The van der Waals surface area contributed by atoms with Crippen molar-refractivity contribution in [2.24, 2.45) is 17.8 Å². The number of carbonyl (C=O) groups is 2. The standard InChI is InChI=1S/C17H18Cl3NO3/c18-12-6-14(20)15(7-13(12)19)21-16(22)8-24-17(23)5-11-4-9-1-2-10(11)3-9/h6-7,9-11H,1-5,8H2,(H,21,22)/t9-,10+,11-/m0/s1. The Bertz CT molecular complexity index is 665. The van der Waals surface area contributed by atoms with Gasteiger partial charge in [-0.3, -0.25) is 9.59 Å². The topological polar surface area (TPSA) is 55.4 Å². The van der Waals surface area contributed by atoms with Gasteiger partial charge in [-0.25, -0.2) is 0 Å². The Morgan fingerprint density at radius 3 is 2.50 bits per heavy atom. The van der Waals surface area contributed by atoms with Crippen LogP contribution in [0.4, 0.5) is 5.69 Å². The average Bonchev–Trinajstić information content (AvgIpc) is 3.13. The average molecular weight is 391 g/mol. The third-order valence-corrected chi connectivity index (χ3v) is 6.00. The van der Waals surface area contributed by atoms with Crippen LogP contribution in [0.3, 0.4) is 0 Å². The second-order valence-corrected chi connectivity index (χ2v) is 7.82. The molecule has 0 aromatic heterocycles. The van der Waals surface area contributed by atoms with Crippen LogP contribution >= 0.6 is 34.8 Å². The Balaban J connectivity index is 1.45. The molecular formula is C17H18Cl3NO3. The minimum absolute atomic E-state index is 0.269. The molecule has 7 heteroatoms. The largest absolute Gasteiger partial charge is 0.456 e. The molecule has 2 bridgehead atoms. The van der Waals surface area contributed by atoms with Gasteiger partial charge in [-0.05, 0) is 49.1 Å². The zero-order valence-electron chi connectivity index (χ0n) is 13.0. The first kappa shape index (κ1) is 17.8. The van der Waals surface area contributed by atoms with Gasteiger partial charge in [0.1, 0.15) is 0 Å². The highest BCUT2D eigenvalue weighted by atomic mass is 35.5. The number of nitrogens with one attached hydrogen (secondary N) is 1. The van der Waals surface area contributed by atoms with Gasteiger partial charge in [-0.2, -0.15) is 0 Å². The molecule has 2 saturated carbocycles. The van der Waals surface area contributed by atoms with Crippen molar-refractivity contribution in [1.29, 1.82) is 0 Å². The minimum atomic E-state index is -0.461.